The molecule has 0 aliphatic heterocycles. The van der Waals surface area contributed by atoms with E-state index >= 15 is 0 Å². The van der Waals surface area contributed by atoms with Gasteiger partial charge < -0.3 is 5.32 Å². The first-order chi connectivity index (χ1) is 7.25. The molecule has 0 aliphatic rings. The van der Waals surface area contributed by atoms with E-state index in [9.17, 15) is 0 Å². The van der Waals surface area contributed by atoms with Crippen LogP contribution in [0, 0.1) is 6.92 Å². The van der Waals surface area contributed by atoms with E-state index in [0.717, 1.165) is 11.4 Å². The third-order valence-electron chi connectivity index (χ3n) is 1.91. The van der Waals surface area contributed by atoms with E-state index in [0.29, 0.717) is 10.8 Å². The Morgan fingerprint density at radius 2 is 1.87 bits per heavy atom. The average Bonchev–Trinajstić information content (AvgIpc) is 2.24. The van der Waals surface area contributed by atoms with Crippen molar-refractivity contribution in [2.24, 2.45) is 0 Å². The Labute approximate surface area is 93.1 Å². The van der Waals surface area contributed by atoms with Gasteiger partial charge in [-0.15, -0.1) is 5.10 Å². The Morgan fingerprint density at radius 3 is 2.53 bits per heavy atom. The number of anilines is 2. The molecule has 1 aromatic heterocycles. The average molecular weight is 220 g/mol. The fourth-order valence-corrected chi connectivity index (χ4v) is 1.44. The third-order valence-corrected chi connectivity index (χ3v) is 2.19. The Balaban J connectivity index is 2.25. The van der Waals surface area contributed by atoms with Gasteiger partial charge in [0.05, 0.1) is 10.7 Å². The molecule has 1 heterocycles. The molecular weight excluding hydrogens is 210 g/mol. The molecule has 4 heteroatoms. The lowest BCUT2D eigenvalue weighted by Crippen LogP contribution is -1.97. The van der Waals surface area contributed by atoms with Crippen molar-refractivity contribution in [2.45, 2.75) is 6.92 Å². The van der Waals surface area contributed by atoms with Crippen LogP contribution in [0.3, 0.4) is 0 Å². The lowest BCUT2D eigenvalue weighted by Gasteiger charge is -2.06. The second kappa shape index (κ2) is 4.28. The summed E-state index contributed by atoms with van der Waals surface area (Å²) in [6, 6.07) is 11.5. The SMILES string of the molecule is Cc1cc(Cl)c(Nc2ccccc2)nn1. The molecule has 0 aliphatic carbocycles. The number of aryl methyl sites for hydroxylation is 1. The number of hydrogen-bond acceptors (Lipinski definition) is 3. The molecule has 1 N–H and O–H groups in total. The van der Waals surface area contributed by atoms with Gasteiger partial charge in [0.1, 0.15) is 0 Å². The maximum Gasteiger partial charge on any atom is 0.171 e. The molecule has 0 saturated heterocycles. The molecule has 0 saturated carbocycles. The van der Waals surface area contributed by atoms with E-state index in [1.54, 1.807) is 6.07 Å². The van der Waals surface area contributed by atoms with Crippen LogP contribution in [-0.2, 0) is 0 Å². The number of para-hydroxylation sites is 1. The maximum absolute atomic E-state index is 6.01. The Kier molecular flexibility index (Phi) is 2.83. The first-order valence-corrected chi connectivity index (χ1v) is 4.95. The van der Waals surface area contributed by atoms with Crippen molar-refractivity contribution in [3.63, 3.8) is 0 Å². The molecule has 0 amide bonds. The topological polar surface area (TPSA) is 37.8 Å². The molecule has 15 heavy (non-hydrogen) atoms. The van der Waals surface area contributed by atoms with Gasteiger partial charge in [-0.1, -0.05) is 29.8 Å². The standard InChI is InChI=1S/C11H10ClN3/c1-8-7-10(12)11(15-14-8)13-9-5-3-2-4-6-9/h2-7H,1H3,(H,13,15). The van der Waals surface area contributed by atoms with Gasteiger partial charge in [-0.05, 0) is 25.1 Å². The molecule has 0 radical (unpaired) electrons. The first kappa shape index (κ1) is 9.93. The van der Waals surface area contributed by atoms with Crippen molar-refractivity contribution >= 4 is 23.1 Å². The molecule has 0 spiro atoms. The largest absolute Gasteiger partial charge is 0.337 e. The number of rotatable bonds is 2. The zero-order valence-corrected chi connectivity index (χ0v) is 8.99. The van der Waals surface area contributed by atoms with Crippen LogP contribution >= 0.6 is 11.6 Å². The number of nitrogens with zero attached hydrogens (tertiary/aromatic N) is 2. The zero-order chi connectivity index (χ0) is 10.7. The third kappa shape index (κ3) is 2.44. The van der Waals surface area contributed by atoms with E-state index < -0.39 is 0 Å². The Morgan fingerprint density at radius 1 is 1.13 bits per heavy atom. The summed E-state index contributed by atoms with van der Waals surface area (Å²) < 4.78 is 0. The lowest BCUT2D eigenvalue weighted by molar-refractivity contribution is 0.986. The summed E-state index contributed by atoms with van der Waals surface area (Å²) in [6.45, 7) is 1.85. The summed E-state index contributed by atoms with van der Waals surface area (Å²) in [4.78, 5) is 0. The van der Waals surface area contributed by atoms with E-state index in [4.69, 9.17) is 11.6 Å². The van der Waals surface area contributed by atoms with Crippen LogP contribution in [0.15, 0.2) is 36.4 Å². The molecular formula is C11H10ClN3. The van der Waals surface area contributed by atoms with Gasteiger partial charge >= 0.3 is 0 Å². The van der Waals surface area contributed by atoms with Gasteiger partial charge in [-0.25, -0.2) is 0 Å². The quantitative estimate of drug-likeness (QED) is 0.843. The predicted octanol–water partition coefficient (Wildman–Crippen LogP) is 3.18. The Hall–Kier alpha value is -1.61. The first-order valence-electron chi connectivity index (χ1n) is 4.57. The summed E-state index contributed by atoms with van der Waals surface area (Å²) in [5.74, 6) is 0.577. The van der Waals surface area contributed by atoms with Gasteiger partial charge in [0.2, 0.25) is 0 Å². The normalized spacial score (nSPS) is 10.0. The fraction of sp³-hybridized carbons (Fsp3) is 0.0909. The molecule has 2 rings (SSSR count). The second-order valence-corrected chi connectivity index (χ2v) is 3.58. The van der Waals surface area contributed by atoms with E-state index in [2.05, 4.69) is 15.5 Å². The summed E-state index contributed by atoms with van der Waals surface area (Å²) in [5, 5.41) is 11.6. The number of nitrogens with one attached hydrogen (secondary N) is 1. The van der Waals surface area contributed by atoms with Crippen LogP contribution in [0.4, 0.5) is 11.5 Å². The van der Waals surface area contributed by atoms with Gasteiger partial charge in [0, 0.05) is 5.69 Å². The molecule has 1 aromatic carbocycles. The molecule has 76 valence electrons. The molecule has 0 unspecified atom stereocenters. The summed E-state index contributed by atoms with van der Waals surface area (Å²) >= 11 is 6.01. The highest BCUT2D eigenvalue weighted by Gasteiger charge is 2.02. The number of halogens is 1. The van der Waals surface area contributed by atoms with E-state index in [1.807, 2.05) is 37.3 Å². The van der Waals surface area contributed by atoms with Crippen LogP contribution in [-0.4, -0.2) is 10.2 Å². The van der Waals surface area contributed by atoms with Crippen LogP contribution in [0.2, 0.25) is 5.02 Å². The van der Waals surface area contributed by atoms with Crippen LogP contribution < -0.4 is 5.32 Å². The van der Waals surface area contributed by atoms with Crippen LogP contribution in [0.1, 0.15) is 5.69 Å². The lowest BCUT2D eigenvalue weighted by atomic mass is 10.3. The smallest absolute Gasteiger partial charge is 0.171 e. The van der Waals surface area contributed by atoms with Crippen molar-refractivity contribution in [1.82, 2.24) is 10.2 Å². The number of benzene rings is 1. The number of aromatic nitrogens is 2. The van der Waals surface area contributed by atoms with Crippen LogP contribution in [0.25, 0.3) is 0 Å². The van der Waals surface area contributed by atoms with Crippen LogP contribution in [0.5, 0.6) is 0 Å². The van der Waals surface area contributed by atoms with Crippen molar-refractivity contribution < 1.29 is 0 Å². The minimum absolute atomic E-state index is 0.575. The van der Waals surface area contributed by atoms with Crippen molar-refractivity contribution in [3.05, 3.63) is 47.1 Å². The van der Waals surface area contributed by atoms with Crippen molar-refractivity contribution in [1.29, 1.82) is 0 Å². The molecule has 3 nitrogen and oxygen atoms in total. The van der Waals surface area contributed by atoms with Gasteiger partial charge in [0.25, 0.3) is 0 Å². The minimum Gasteiger partial charge on any atom is -0.337 e. The van der Waals surface area contributed by atoms with Gasteiger partial charge in [-0.3, -0.25) is 0 Å². The van der Waals surface area contributed by atoms with Gasteiger partial charge in [0.15, 0.2) is 5.82 Å². The molecule has 0 bridgehead atoms. The number of hydrogen-bond donors (Lipinski definition) is 1. The summed E-state index contributed by atoms with van der Waals surface area (Å²) in [7, 11) is 0. The Bertz CT molecular complexity index is 457. The second-order valence-electron chi connectivity index (χ2n) is 3.17. The fourth-order valence-electron chi connectivity index (χ4n) is 1.20. The summed E-state index contributed by atoms with van der Waals surface area (Å²) in [6.07, 6.45) is 0. The van der Waals surface area contributed by atoms with Crippen molar-refractivity contribution in [2.75, 3.05) is 5.32 Å². The molecule has 0 atom stereocenters. The minimum atomic E-state index is 0.575. The van der Waals surface area contributed by atoms with E-state index in [-0.39, 0.29) is 0 Å². The maximum atomic E-state index is 6.01. The predicted molar refractivity (Wildman–Crippen MR) is 61.5 cm³/mol. The zero-order valence-electron chi connectivity index (χ0n) is 8.24. The monoisotopic (exact) mass is 219 g/mol. The van der Waals surface area contributed by atoms with E-state index in [1.165, 1.54) is 0 Å². The molecule has 2 aromatic rings. The summed E-state index contributed by atoms with van der Waals surface area (Å²) in [5.41, 5.74) is 1.75. The molecule has 0 fully saturated rings. The highest BCUT2D eigenvalue weighted by molar-refractivity contribution is 6.33. The highest BCUT2D eigenvalue weighted by atomic mass is 35.5. The van der Waals surface area contributed by atoms with Gasteiger partial charge in [-0.2, -0.15) is 5.10 Å². The van der Waals surface area contributed by atoms with Crippen molar-refractivity contribution in [3.8, 4) is 0 Å². The highest BCUT2D eigenvalue weighted by Crippen LogP contribution is 2.22.